The quantitative estimate of drug-likeness (QED) is 0.861. The van der Waals surface area contributed by atoms with Gasteiger partial charge in [0.1, 0.15) is 6.07 Å². The van der Waals surface area contributed by atoms with Crippen LogP contribution in [-0.2, 0) is 0 Å². The predicted molar refractivity (Wildman–Crippen MR) is 63.8 cm³/mol. The first kappa shape index (κ1) is 10.6. The van der Waals surface area contributed by atoms with E-state index in [-0.39, 0.29) is 0 Å². The monoisotopic (exact) mass is 230 g/mol. The fourth-order valence-corrected chi connectivity index (χ4v) is 2.06. The second-order valence-corrected chi connectivity index (χ2v) is 4.52. The Kier molecular flexibility index (Phi) is 2.84. The minimum absolute atomic E-state index is 0.570. The molecule has 0 atom stereocenters. The van der Waals surface area contributed by atoms with Crippen molar-refractivity contribution in [2.45, 2.75) is 13.8 Å². The highest BCUT2D eigenvalue weighted by molar-refractivity contribution is 7.15. The topological polar surface area (TPSA) is 61.6 Å². The van der Waals surface area contributed by atoms with E-state index in [4.69, 9.17) is 5.26 Å². The van der Waals surface area contributed by atoms with Gasteiger partial charge in [-0.2, -0.15) is 5.26 Å². The smallest absolute Gasteiger partial charge is 0.187 e. The van der Waals surface area contributed by atoms with Gasteiger partial charge in [0.15, 0.2) is 5.13 Å². The Hall–Kier alpha value is -1.93. The van der Waals surface area contributed by atoms with Crippen LogP contribution in [0.15, 0.2) is 18.5 Å². The summed E-state index contributed by atoms with van der Waals surface area (Å²) >= 11 is 1.57. The maximum Gasteiger partial charge on any atom is 0.187 e. The van der Waals surface area contributed by atoms with Crippen LogP contribution in [0.4, 0.5) is 10.8 Å². The van der Waals surface area contributed by atoms with E-state index in [1.807, 2.05) is 13.8 Å². The predicted octanol–water partition coefficient (Wildman–Crippen LogP) is 2.77. The zero-order valence-electron chi connectivity index (χ0n) is 8.98. The van der Waals surface area contributed by atoms with Crippen LogP contribution >= 0.6 is 11.3 Å². The fraction of sp³-hybridized carbons (Fsp3) is 0.182. The number of anilines is 2. The molecule has 5 heteroatoms. The molecule has 80 valence electrons. The van der Waals surface area contributed by atoms with E-state index >= 15 is 0 Å². The van der Waals surface area contributed by atoms with Crippen molar-refractivity contribution in [3.63, 3.8) is 0 Å². The summed E-state index contributed by atoms with van der Waals surface area (Å²) in [6.07, 6.45) is 3.23. The lowest BCUT2D eigenvalue weighted by atomic mass is 10.2. The molecule has 0 bridgehead atoms. The molecule has 4 nitrogen and oxygen atoms in total. The zero-order valence-corrected chi connectivity index (χ0v) is 9.80. The van der Waals surface area contributed by atoms with E-state index in [2.05, 4.69) is 21.4 Å². The first-order valence-corrected chi connectivity index (χ1v) is 5.57. The van der Waals surface area contributed by atoms with Crippen molar-refractivity contribution in [3.05, 3.63) is 34.6 Å². The van der Waals surface area contributed by atoms with Crippen LogP contribution in [0.2, 0.25) is 0 Å². The molecule has 0 fully saturated rings. The van der Waals surface area contributed by atoms with Gasteiger partial charge in [0.05, 0.1) is 23.1 Å². The molecule has 0 aliphatic rings. The lowest BCUT2D eigenvalue weighted by Gasteiger charge is -2.02. The summed E-state index contributed by atoms with van der Waals surface area (Å²) in [5.74, 6) is 0. The van der Waals surface area contributed by atoms with Crippen LogP contribution in [0.5, 0.6) is 0 Å². The van der Waals surface area contributed by atoms with Gasteiger partial charge in [0, 0.05) is 11.1 Å². The largest absolute Gasteiger partial charge is 0.329 e. The normalized spacial score (nSPS) is 9.81. The molecule has 0 radical (unpaired) electrons. The van der Waals surface area contributed by atoms with E-state index in [9.17, 15) is 0 Å². The molecule has 0 aromatic carbocycles. The number of nitrogens with one attached hydrogen (secondary N) is 1. The van der Waals surface area contributed by atoms with Crippen LogP contribution in [0.25, 0.3) is 0 Å². The number of hydrogen-bond donors (Lipinski definition) is 1. The minimum atomic E-state index is 0.570. The molecule has 1 N–H and O–H groups in total. The van der Waals surface area contributed by atoms with Gasteiger partial charge in [-0.1, -0.05) is 0 Å². The van der Waals surface area contributed by atoms with Crippen molar-refractivity contribution in [3.8, 4) is 6.07 Å². The Labute approximate surface area is 97.6 Å². The Balaban J connectivity index is 2.31. The first-order chi connectivity index (χ1) is 7.70. The number of hydrogen-bond acceptors (Lipinski definition) is 5. The van der Waals surface area contributed by atoms with Crippen molar-refractivity contribution >= 4 is 22.2 Å². The van der Waals surface area contributed by atoms with Gasteiger partial charge < -0.3 is 5.32 Å². The van der Waals surface area contributed by atoms with Crippen LogP contribution in [0.1, 0.15) is 16.1 Å². The average Bonchev–Trinajstić information content (AvgIpc) is 2.59. The SMILES string of the molecule is Cc1nc(Nc2cnccc2C#N)sc1C. The number of nitrogens with zero attached hydrogens (tertiary/aromatic N) is 3. The van der Waals surface area contributed by atoms with Crippen molar-refractivity contribution in [1.29, 1.82) is 5.26 Å². The Bertz CT molecular complexity index is 534. The maximum absolute atomic E-state index is 8.92. The molecular weight excluding hydrogens is 220 g/mol. The number of rotatable bonds is 2. The Morgan fingerprint density at radius 1 is 1.44 bits per heavy atom. The summed E-state index contributed by atoms with van der Waals surface area (Å²) in [6, 6.07) is 3.79. The summed E-state index contributed by atoms with van der Waals surface area (Å²) in [5.41, 5.74) is 2.27. The molecule has 0 amide bonds. The van der Waals surface area contributed by atoms with E-state index in [0.717, 1.165) is 10.8 Å². The molecule has 0 spiro atoms. The second-order valence-electron chi connectivity index (χ2n) is 3.32. The average molecular weight is 230 g/mol. The molecule has 2 aromatic heterocycles. The third-order valence-electron chi connectivity index (χ3n) is 2.21. The molecule has 2 heterocycles. The highest BCUT2D eigenvalue weighted by Crippen LogP contribution is 2.25. The van der Waals surface area contributed by atoms with Gasteiger partial charge in [-0.3, -0.25) is 4.98 Å². The zero-order chi connectivity index (χ0) is 11.5. The highest BCUT2D eigenvalue weighted by Gasteiger charge is 2.06. The van der Waals surface area contributed by atoms with Crippen LogP contribution < -0.4 is 5.32 Å². The number of thiazole rings is 1. The van der Waals surface area contributed by atoms with Crippen LogP contribution in [0.3, 0.4) is 0 Å². The Morgan fingerprint density at radius 2 is 2.25 bits per heavy atom. The summed E-state index contributed by atoms with van der Waals surface area (Å²) in [5, 5.41) is 12.8. The number of aryl methyl sites for hydroxylation is 2. The number of aromatic nitrogens is 2. The minimum Gasteiger partial charge on any atom is -0.329 e. The summed E-state index contributed by atoms with van der Waals surface area (Å²) in [7, 11) is 0. The molecule has 0 unspecified atom stereocenters. The van der Waals surface area contributed by atoms with Crippen LogP contribution in [-0.4, -0.2) is 9.97 Å². The lowest BCUT2D eigenvalue weighted by Crippen LogP contribution is -1.93. The van der Waals surface area contributed by atoms with Crippen LogP contribution in [0, 0.1) is 25.2 Å². The van der Waals surface area contributed by atoms with Crippen molar-refractivity contribution < 1.29 is 0 Å². The van der Waals surface area contributed by atoms with Gasteiger partial charge in [-0.25, -0.2) is 4.98 Å². The maximum atomic E-state index is 8.92. The summed E-state index contributed by atoms with van der Waals surface area (Å²) in [4.78, 5) is 9.50. The molecule has 2 rings (SSSR count). The number of nitriles is 1. The molecule has 16 heavy (non-hydrogen) atoms. The van der Waals surface area contributed by atoms with Gasteiger partial charge >= 0.3 is 0 Å². The highest BCUT2D eigenvalue weighted by atomic mass is 32.1. The van der Waals surface area contributed by atoms with Crippen molar-refractivity contribution in [2.75, 3.05) is 5.32 Å². The summed E-state index contributed by atoms with van der Waals surface area (Å²) < 4.78 is 0. The van der Waals surface area contributed by atoms with Crippen molar-refractivity contribution in [1.82, 2.24) is 9.97 Å². The fourth-order valence-electron chi connectivity index (χ4n) is 1.23. The van der Waals surface area contributed by atoms with E-state index < -0.39 is 0 Å². The second kappa shape index (κ2) is 4.29. The molecule has 0 saturated heterocycles. The first-order valence-electron chi connectivity index (χ1n) is 4.76. The van der Waals surface area contributed by atoms with Gasteiger partial charge in [-0.05, 0) is 19.9 Å². The third kappa shape index (κ3) is 2.02. The third-order valence-corrected chi connectivity index (χ3v) is 3.20. The van der Waals surface area contributed by atoms with E-state index in [0.29, 0.717) is 11.3 Å². The molecule has 0 saturated carbocycles. The molecular formula is C11H10N4S. The molecule has 0 aliphatic heterocycles. The Morgan fingerprint density at radius 3 is 2.88 bits per heavy atom. The number of pyridine rings is 1. The van der Waals surface area contributed by atoms with Gasteiger partial charge in [0.25, 0.3) is 0 Å². The van der Waals surface area contributed by atoms with Crippen molar-refractivity contribution in [2.24, 2.45) is 0 Å². The van der Waals surface area contributed by atoms with Gasteiger partial charge in [-0.15, -0.1) is 11.3 Å². The standard InChI is InChI=1S/C11H10N4S/c1-7-8(2)16-11(14-7)15-10-6-13-4-3-9(10)5-12/h3-4,6H,1-2H3,(H,14,15). The molecule has 0 aliphatic carbocycles. The summed E-state index contributed by atoms with van der Waals surface area (Å²) in [6.45, 7) is 3.98. The lowest BCUT2D eigenvalue weighted by molar-refractivity contribution is 1.22. The molecule has 2 aromatic rings. The van der Waals surface area contributed by atoms with E-state index in [1.165, 1.54) is 4.88 Å². The van der Waals surface area contributed by atoms with E-state index in [1.54, 1.807) is 29.8 Å². The van der Waals surface area contributed by atoms with Gasteiger partial charge in [0.2, 0.25) is 0 Å².